The second-order valence-corrected chi connectivity index (χ2v) is 6.48. The van der Waals surface area contributed by atoms with Gasteiger partial charge in [-0.15, -0.1) is 6.58 Å². The first-order valence-corrected chi connectivity index (χ1v) is 8.33. The Morgan fingerprint density at radius 1 is 1.35 bits per heavy atom. The quantitative estimate of drug-likeness (QED) is 0.702. The molecular formula is C19H21ClN2O. The molecule has 1 aromatic carbocycles. The SMILES string of the molecule is C=CCN(Cc1cccn1Cc1cccc(Cl)c1)C(=O)C1CC1. The van der Waals surface area contributed by atoms with Crippen molar-refractivity contribution in [3.8, 4) is 0 Å². The summed E-state index contributed by atoms with van der Waals surface area (Å²) in [5.74, 6) is 0.478. The number of rotatable bonds is 7. The minimum absolute atomic E-state index is 0.228. The Kier molecular flexibility index (Phi) is 4.87. The van der Waals surface area contributed by atoms with E-state index in [9.17, 15) is 4.79 Å². The first kappa shape index (κ1) is 15.9. The van der Waals surface area contributed by atoms with Crippen LogP contribution in [0.4, 0.5) is 0 Å². The van der Waals surface area contributed by atoms with Gasteiger partial charge in [0.1, 0.15) is 0 Å². The lowest BCUT2D eigenvalue weighted by Crippen LogP contribution is -2.32. The summed E-state index contributed by atoms with van der Waals surface area (Å²) in [4.78, 5) is 14.3. The van der Waals surface area contributed by atoms with Crippen LogP contribution in [0.3, 0.4) is 0 Å². The van der Waals surface area contributed by atoms with Gasteiger partial charge in [0.25, 0.3) is 0 Å². The van der Waals surface area contributed by atoms with Crippen LogP contribution in [-0.2, 0) is 17.9 Å². The summed E-state index contributed by atoms with van der Waals surface area (Å²) in [5.41, 5.74) is 2.28. The summed E-state index contributed by atoms with van der Waals surface area (Å²) in [6.45, 7) is 5.74. The van der Waals surface area contributed by atoms with Gasteiger partial charge in [-0.05, 0) is 42.7 Å². The largest absolute Gasteiger partial charge is 0.345 e. The molecule has 2 aromatic rings. The van der Waals surface area contributed by atoms with Gasteiger partial charge in [-0.1, -0.05) is 29.8 Å². The van der Waals surface area contributed by atoms with Crippen molar-refractivity contribution in [3.63, 3.8) is 0 Å². The Hall–Kier alpha value is -2.00. The molecule has 0 saturated heterocycles. The fourth-order valence-electron chi connectivity index (χ4n) is 2.75. The van der Waals surface area contributed by atoms with Gasteiger partial charge in [0.2, 0.25) is 5.91 Å². The monoisotopic (exact) mass is 328 g/mol. The van der Waals surface area contributed by atoms with E-state index in [1.165, 1.54) is 0 Å². The fraction of sp³-hybridized carbons (Fsp3) is 0.316. The lowest BCUT2D eigenvalue weighted by Gasteiger charge is -2.22. The maximum Gasteiger partial charge on any atom is 0.226 e. The van der Waals surface area contributed by atoms with E-state index in [0.717, 1.165) is 35.7 Å². The zero-order chi connectivity index (χ0) is 16.2. The number of aromatic nitrogens is 1. The first-order chi connectivity index (χ1) is 11.2. The molecule has 23 heavy (non-hydrogen) atoms. The van der Waals surface area contributed by atoms with Crippen LogP contribution in [0.2, 0.25) is 5.02 Å². The number of hydrogen-bond donors (Lipinski definition) is 0. The van der Waals surface area contributed by atoms with Crippen LogP contribution >= 0.6 is 11.6 Å². The highest BCUT2D eigenvalue weighted by molar-refractivity contribution is 6.30. The summed E-state index contributed by atoms with van der Waals surface area (Å²) in [5, 5.41) is 0.744. The summed E-state index contributed by atoms with van der Waals surface area (Å²) < 4.78 is 2.17. The smallest absolute Gasteiger partial charge is 0.226 e. The summed E-state index contributed by atoms with van der Waals surface area (Å²) in [7, 11) is 0. The molecule has 1 amide bonds. The van der Waals surface area contributed by atoms with E-state index in [0.29, 0.717) is 13.1 Å². The summed E-state index contributed by atoms with van der Waals surface area (Å²) in [6.07, 6.45) is 5.89. The van der Waals surface area contributed by atoms with Gasteiger partial charge in [-0.25, -0.2) is 0 Å². The first-order valence-electron chi connectivity index (χ1n) is 7.95. The van der Waals surface area contributed by atoms with Gasteiger partial charge in [0.05, 0.1) is 6.54 Å². The Balaban J connectivity index is 1.74. The van der Waals surface area contributed by atoms with Crippen LogP contribution < -0.4 is 0 Å². The second kappa shape index (κ2) is 7.05. The minimum atomic E-state index is 0.228. The number of nitrogens with zero attached hydrogens (tertiary/aromatic N) is 2. The molecule has 1 saturated carbocycles. The lowest BCUT2D eigenvalue weighted by atomic mass is 10.2. The van der Waals surface area contributed by atoms with E-state index in [1.807, 2.05) is 35.4 Å². The van der Waals surface area contributed by atoms with Crippen molar-refractivity contribution < 1.29 is 4.79 Å². The third kappa shape index (κ3) is 4.05. The Morgan fingerprint density at radius 2 is 2.17 bits per heavy atom. The summed E-state index contributed by atoms with van der Waals surface area (Å²) in [6, 6.07) is 12.0. The van der Waals surface area contributed by atoms with E-state index in [-0.39, 0.29) is 11.8 Å². The molecule has 0 unspecified atom stereocenters. The van der Waals surface area contributed by atoms with E-state index < -0.39 is 0 Å². The number of carbonyl (C=O) groups is 1. The number of benzene rings is 1. The van der Waals surface area contributed by atoms with Crippen molar-refractivity contribution in [1.29, 1.82) is 0 Å². The highest BCUT2D eigenvalue weighted by atomic mass is 35.5. The van der Waals surface area contributed by atoms with Crippen LogP contribution in [-0.4, -0.2) is 21.9 Å². The van der Waals surface area contributed by atoms with Crippen molar-refractivity contribution in [2.45, 2.75) is 25.9 Å². The van der Waals surface area contributed by atoms with Crippen molar-refractivity contribution in [2.24, 2.45) is 5.92 Å². The summed E-state index contributed by atoms with van der Waals surface area (Å²) >= 11 is 6.06. The normalized spacial score (nSPS) is 13.8. The molecule has 120 valence electrons. The van der Waals surface area contributed by atoms with Gasteiger partial charge in [-0.3, -0.25) is 4.79 Å². The average molecular weight is 329 g/mol. The van der Waals surface area contributed by atoms with Crippen LogP contribution in [0.15, 0.2) is 55.3 Å². The van der Waals surface area contributed by atoms with Crippen LogP contribution in [0.5, 0.6) is 0 Å². The number of halogens is 1. The van der Waals surface area contributed by atoms with Crippen LogP contribution in [0, 0.1) is 5.92 Å². The molecule has 4 heteroatoms. The standard InChI is InChI=1S/C19H21ClN2O/c1-2-10-22(19(23)16-8-9-16)14-18-7-4-11-21(18)13-15-5-3-6-17(20)12-15/h2-7,11-12,16H,1,8-10,13-14H2. The molecule has 3 nitrogen and oxygen atoms in total. The predicted octanol–water partition coefficient (Wildman–Crippen LogP) is 4.11. The molecule has 1 aliphatic carbocycles. The molecular weight excluding hydrogens is 308 g/mol. The average Bonchev–Trinajstić information content (AvgIpc) is 3.29. The van der Waals surface area contributed by atoms with Gasteiger partial charge < -0.3 is 9.47 Å². The van der Waals surface area contributed by atoms with E-state index in [4.69, 9.17) is 11.6 Å². The molecule has 1 heterocycles. The van der Waals surface area contributed by atoms with Crippen molar-refractivity contribution in [1.82, 2.24) is 9.47 Å². The number of amides is 1. The van der Waals surface area contributed by atoms with Gasteiger partial charge in [0.15, 0.2) is 0 Å². The maximum absolute atomic E-state index is 12.4. The second-order valence-electron chi connectivity index (χ2n) is 6.04. The zero-order valence-electron chi connectivity index (χ0n) is 13.1. The molecule has 3 rings (SSSR count). The third-order valence-corrected chi connectivity index (χ3v) is 4.34. The predicted molar refractivity (Wildman–Crippen MR) is 93.3 cm³/mol. The molecule has 1 aromatic heterocycles. The molecule has 1 fully saturated rings. The van der Waals surface area contributed by atoms with E-state index in [2.05, 4.69) is 23.3 Å². The minimum Gasteiger partial charge on any atom is -0.345 e. The molecule has 1 aliphatic rings. The molecule has 0 spiro atoms. The van der Waals surface area contributed by atoms with Crippen LogP contribution in [0.25, 0.3) is 0 Å². The number of hydrogen-bond acceptors (Lipinski definition) is 1. The van der Waals surface area contributed by atoms with Crippen molar-refractivity contribution >= 4 is 17.5 Å². The molecule has 0 aliphatic heterocycles. The van der Waals surface area contributed by atoms with Crippen molar-refractivity contribution in [2.75, 3.05) is 6.54 Å². The van der Waals surface area contributed by atoms with Gasteiger partial charge in [0, 0.05) is 35.9 Å². The topological polar surface area (TPSA) is 25.2 Å². The molecule has 0 bridgehead atoms. The zero-order valence-corrected chi connectivity index (χ0v) is 13.9. The van der Waals surface area contributed by atoms with Crippen LogP contribution in [0.1, 0.15) is 24.1 Å². The van der Waals surface area contributed by atoms with E-state index >= 15 is 0 Å². The Morgan fingerprint density at radius 3 is 2.87 bits per heavy atom. The number of carbonyl (C=O) groups excluding carboxylic acids is 1. The third-order valence-electron chi connectivity index (χ3n) is 4.11. The Labute approximate surface area is 142 Å². The lowest BCUT2D eigenvalue weighted by molar-refractivity contribution is -0.132. The maximum atomic E-state index is 12.4. The molecule has 0 atom stereocenters. The molecule has 0 radical (unpaired) electrons. The highest BCUT2D eigenvalue weighted by Crippen LogP contribution is 2.31. The van der Waals surface area contributed by atoms with Gasteiger partial charge in [-0.2, -0.15) is 0 Å². The fourth-order valence-corrected chi connectivity index (χ4v) is 2.96. The molecule has 0 N–H and O–H groups in total. The van der Waals surface area contributed by atoms with Crippen molar-refractivity contribution in [3.05, 3.63) is 71.5 Å². The van der Waals surface area contributed by atoms with Gasteiger partial charge >= 0.3 is 0 Å². The highest BCUT2D eigenvalue weighted by Gasteiger charge is 2.33. The Bertz CT molecular complexity index is 703. The van der Waals surface area contributed by atoms with E-state index in [1.54, 1.807) is 6.08 Å².